The van der Waals surface area contributed by atoms with Gasteiger partial charge in [-0.3, -0.25) is 4.68 Å². The minimum atomic E-state index is -0.113. The van der Waals surface area contributed by atoms with E-state index in [1.54, 1.807) is 0 Å². The van der Waals surface area contributed by atoms with Crippen LogP contribution in [0.5, 0.6) is 0 Å². The fourth-order valence-electron chi connectivity index (χ4n) is 2.67. The summed E-state index contributed by atoms with van der Waals surface area (Å²) >= 11 is 0. The van der Waals surface area contributed by atoms with Crippen LogP contribution in [-0.2, 0) is 13.2 Å². The van der Waals surface area contributed by atoms with Gasteiger partial charge in [0.15, 0.2) is 0 Å². The molecule has 0 saturated heterocycles. The third-order valence-electron chi connectivity index (χ3n) is 4.66. The molecule has 1 saturated carbocycles. The SMILES string of the molecule is CC1(C)[C@@H](Cn2cc(CO)nn2)CC[C@]1(C)N. The lowest BCUT2D eigenvalue weighted by Gasteiger charge is -2.38. The van der Waals surface area contributed by atoms with Crippen LogP contribution in [0.15, 0.2) is 6.20 Å². The summed E-state index contributed by atoms with van der Waals surface area (Å²) in [4.78, 5) is 0. The van der Waals surface area contributed by atoms with Gasteiger partial charge < -0.3 is 10.8 Å². The summed E-state index contributed by atoms with van der Waals surface area (Å²) in [5.41, 5.74) is 6.95. The summed E-state index contributed by atoms with van der Waals surface area (Å²) in [6.07, 6.45) is 3.97. The number of nitrogens with two attached hydrogens (primary N) is 1. The molecule has 0 spiro atoms. The molecule has 0 amide bonds. The number of aliphatic hydroxyl groups excluding tert-OH is 1. The van der Waals surface area contributed by atoms with Crippen LogP contribution in [0, 0.1) is 11.3 Å². The monoisotopic (exact) mass is 238 g/mol. The smallest absolute Gasteiger partial charge is 0.108 e. The molecule has 5 heteroatoms. The van der Waals surface area contributed by atoms with E-state index in [0.29, 0.717) is 11.6 Å². The standard InChI is InChI=1S/C12H22N4O/c1-11(2)9(4-5-12(11,3)13)6-16-7-10(8-17)14-15-16/h7,9,17H,4-6,8,13H2,1-3H3/t9-,12+/m1/s1. The molecule has 1 aliphatic carbocycles. The number of hydrogen-bond donors (Lipinski definition) is 2. The van der Waals surface area contributed by atoms with Gasteiger partial charge in [0.1, 0.15) is 5.69 Å². The number of hydrogen-bond acceptors (Lipinski definition) is 4. The molecule has 96 valence electrons. The molecule has 0 radical (unpaired) electrons. The van der Waals surface area contributed by atoms with Gasteiger partial charge in [-0.1, -0.05) is 19.1 Å². The van der Waals surface area contributed by atoms with Gasteiger partial charge in [-0.2, -0.15) is 0 Å². The van der Waals surface area contributed by atoms with Gasteiger partial charge in [0.25, 0.3) is 0 Å². The molecular weight excluding hydrogens is 216 g/mol. The highest BCUT2D eigenvalue weighted by Gasteiger charge is 2.49. The van der Waals surface area contributed by atoms with E-state index in [9.17, 15) is 0 Å². The Balaban J connectivity index is 2.10. The van der Waals surface area contributed by atoms with Crippen molar-refractivity contribution < 1.29 is 5.11 Å². The molecule has 2 atom stereocenters. The summed E-state index contributed by atoms with van der Waals surface area (Å²) < 4.78 is 1.82. The molecule has 0 unspecified atom stereocenters. The van der Waals surface area contributed by atoms with E-state index in [1.807, 2.05) is 10.9 Å². The zero-order chi connectivity index (χ0) is 12.7. The van der Waals surface area contributed by atoms with Crippen molar-refractivity contribution in [1.82, 2.24) is 15.0 Å². The first-order valence-corrected chi connectivity index (χ1v) is 6.15. The molecule has 3 N–H and O–H groups in total. The van der Waals surface area contributed by atoms with Crippen molar-refractivity contribution in [3.63, 3.8) is 0 Å². The first-order valence-electron chi connectivity index (χ1n) is 6.15. The number of rotatable bonds is 3. The Hall–Kier alpha value is -0.940. The van der Waals surface area contributed by atoms with Crippen molar-refractivity contribution >= 4 is 0 Å². The molecule has 1 aromatic heterocycles. The van der Waals surface area contributed by atoms with Crippen molar-refractivity contribution in [2.24, 2.45) is 17.1 Å². The zero-order valence-electron chi connectivity index (χ0n) is 10.8. The van der Waals surface area contributed by atoms with Crippen LogP contribution in [0.2, 0.25) is 0 Å². The Morgan fingerprint density at radius 3 is 2.71 bits per heavy atom. The number of aliphatic hydroxyl groups is 1. The maximum Gasteiger partial charge on any atom is 0.108 e. The minimum Gasteiger partial charge on any atom is -0.390 e. The molecule has 1 fully saturated rings. The maximum atomic E-state index is 8.96. The van der Waals surface area contributed by atoms with Crippen molar-refractivity contribution in [3.8, 4) is 0 Å². The molecule has 1 heterocycles. The lowest BCUT2D eigenvalue weighted by molar-refractivity contribution is 0.147. The van der Waals surface area contributed by atoms with Crippen LogP contribution < -0.4 is 5.73 Å². The summed E-state index contributed by atoms with van der Waals surface area (Å²) in [6, 6.07) is 0. The Morgan fingerprint density at radius 1 is 1.53 bits per heavy atom. The van der Waals surface area contributed by atoms with Gasteiger partial charge in [-0.15, -0.1) is 5.10 Å². The Morgan fingerprint density at radius 2 is 2.24 bits per heavy atom. The second-order valence-corrected chi connectivity index (χ2v) is 5.96. The highest BCUT2D eigenvalue weighted by Crippen LogP contribution is 2.49. The van der Waals surface area contributed by atoms with Gasteiger partial charge >= 0.3 is 0 Å². The summed E-state index contributed by atoms with van der Waals surface area (Å²) in [5.74, 6) is 0.505. The van der Waals surface area contributed by atoms with Crippen LogP contribution >= 0.6 is 0 Å². The van der Waals surface area contributed by atoms with E-state index in [-0.39, 0.29) is 17.6 Å². The second-order valence-electron chi connectivity index (χ2n) is 5.96. The predicted octanol–water partition coefficient (Wildman–Crippen LogP) is 0.924. The van der Waals surface area contributed by atoms with Crippen LogP contribution in [0.3, 0.4) is 0 Å². The molecule has 0 aromatic carbocycles. The molecular formula is C12H22N4O. The topological polar surface area (TPSA) is 77.0 Å². The third-order valence-corrected chi connectivity index (χ3v) is 4.66. The highest BCUT2D eigenvalue weighted by atomic mass is 16.3. The van der Waals surface area contributed by atoms with E-state index in [0.717, 1.165) is 19.4 Å². The van der Waals surface area contributed by atoms with Crippen LogP contribution in [0.25, 0.3) is 0 Å². The quantitative estimate of drug-likeness (QED) is 0.821. The lowest BCUT2D eigenvalue weighted by Crippen LogP contribution is -2.48. The van der Waals surface area contributed by atoms with Gasteiger partial charge in [-0.05, 0) is 31.1 Å². The molecule has 5 nitrogen and oxygen atoms in total. The first-order chi connectivity index (χ1) is 7.87. The average molecular weight is 238 g/mol. The van der Waals surface area contributed by atoms with Gasteiger partial charge in [0.2, 0.25) is 0 Å². The van der Waals surface area contributed by atoms with E-state index in [2.05, 4.69) is 31.1 Å². The Bertz CT molecular complexity index is 397. The molecule has 17 heavy (non-hydrogen) atoms. The Labute approximate surface area is 102 Å². The van der Waals surface area contributed by atoms with Crippen LogP contribution in [0.4, 0.5) is 0 Å². The fraction of sp³-hybridized carbons (Fsp3) is 0.833. The van der Waals surface area contributed by atoms with Crippen molar-refractivity contribution in [1.29, 1.82) is 0 Å². The normalized spacial score (nSPS) is 31.9. The summed E-state index contributed by atoms with van der Waals surface area (Å²) in [6.45, 7) is 7.37. The zero-order valence-corrected chi connectivity index (χ0v) is 10.8. The van der Waals surface area contributed by atoms with Crippen LogP contribution in [-0.4, -0.2) is 25.6 Å². The molecule has 2 rings (SSSR count). The molecule has 0 bridgehead atoms. The van der Waals surface area contributed by atoms with Gasteiger partial charge in [-0.25, -0.2) is 0 Å². The molecule has 1 aromatic rings. The second kappa shape index (κ2) is 4.07. The molecule has 0 aliphatic heterocycles. The summed E-state index contributed by atoms with van der Waals surface area (Å²) in [7, 11) is 0. The number of nitrogens with zero attached hydrogens (tertiary/aromatic N) is 3. The van der Waals surface area contributed by atoms with Crippen molar-refractivity contribution in [2.75, 3.05) is 0 Å². The van der Waals surface area contributed by atoms with Gasteiger partial charge in [0, 0.05) is 12.1 Å². The average Bonchev–Trinajstić information content (AvgIpc) is 2.77. The lowest BCUT2D eigenvalue weighted by atomic mass is 9.72. The minimum absolute atomic E-state index is 0.0529. The Kier molecular flexibility index (Phi) is 2.99. The van der Waals surface area contributed by atoms with E-state index < -0.39 is 0 Å². The van der Waals surface area contributed by atoms with Crippen molar-refractivity contribution in [2.45, 2.75) is 52.3 Å². The van der Waals surface area contributed by atoms with E-state index >= 15 is 0 Å². The van der Waals surface area contributed by atoms with Gasteiger partial charge in [0.05, 0.1) is 12.8 Å². The fourth-order valence-corrected chi connectivity index (χ4v) is 2.67. The maximum absolute atomic E-state index is 8.96. The third kappa shape index (κ3) is 2.09. The first kappa shape index (κ1) is 12.5. The largest absolute Gasteiger partial charge is 0.390 e. The highest BCUT2D eigenvalue weighted by molar-refractivity contribution is 5.04. The summed E-state index contributed by atoms with van der Waals surface area (Å²) in [5, 5.41) is 16.9. The van der Waals surface area contributed by atoms with E-state index in [4.69, 9.17) is 10.8 Å². The number of aromatic nitrogens is 3. The predicted molar refractivity (Wildman–Crippen MR) is 65.0 cm³/mol. The molecule has 1 aliphatic rings. The van der Waals surface area contributed by atoms with E-state index in [1.165, 1.54) is 0 Å². The van der Waals surface area contributed by atoms with Crippen LogP contribution in [0.1, 0.15) is 39.3 Å². The van der Waals surface area contributed by atoms with Crippen molar-refractivity contribution in [3.05, 3.63) is 11.9 Å².